The van der Waals surface area contributed by atoms with E-state index in [-0.39, 0.29) is 12.0 Å². The first-order valence-electron chi connectivity index (χ1n) is 9.53. The van der Waals surface area contributed by atoms with Gasteiger partial charge >= 0.3 is 8.56 Å². The molecule has 2 aliphatic rings. The maximum Gasteiger partial charge on any atom is 0.407 e. The number of hydrogen-bond acceptors (Lipinski definition) is 4. The standard InChI is InChI=1S/C23H21NO3Si/c1-4-10-18(11-5-1)23-21-16-25-28(19-12-6-2-7-13-19,20-14-8-3-9-15-20)26-17-22(21)24-27-23/h1-15,21,23H,16-17H2/t21-,23+/m1/s1. The van der Waals surface area contributed by atoms with Crippen LogP contribution in [0.4, 0.5) is 0 Å². The molecule has 0 aliphatic carbocycles. The third kappa shape index (κ3) is 2.98. The van der Waals surface area contributed by atoms with E-state index in [0.717, 1.165) is 21.6 Å². The summed E-state index contributed by atoms with van der Waals surface area (Å²) in [5.41, 5.74) is 2.04. The molecule has 1 fully saturated rings. The van der Waals surface area contributed by atoms with Crippen LogP contribution < -0.4 is 10.4 Å². The number of rotatable bonds is 3. The fourth-order valence-corrected chi connectivity index (χ4v) is 7.04. The Labute approximate surface area is 165 Å². The largest absolute Gasteiger partial charge is 0.407 e. The third-order valence-electron chi connectivity index (χ3n) is 5.40. The van der Waals surface area contributed by atoms with E-state index in [9.17, 15) is 0 Å². The van der Waals surface area contributed by atoms with E-state index in [0.29, 0.717) is 13.2 Å². The van der Waals surface area contributed by atoms with Gasteiger partial charge in [0.2, 0.25) is 0 Å². The smallest absolute Gasteiger partial charge is 0.387 e. The highest BCUT2D eigenvalue weighted by molar-refractivity contribution is 6.92. The third-order valence-corrected chi connectivity index (χ3v) is 8.71. The van der Waals surface area contributed by atoms with Gasteiger partial charge in [0.15, 0.2) is 6.10 Å². The summed E-state index contributed by atoms with van der Waals surface area (Å²) in [6.45, 7) is 0.943. The first kappa shape index (κ1) is 17.4. The van der Waals surface area contributed by atoms with Gasteiger partial charge in [-0.25, -0.2) is 0 Å². The summed E-state index contributed by atoms with van der Waals surface area (Å²) in [5, 5.41) is 6.58. The summed E-state index contributed by atoms with van der Waals surface area (Å²) in [5.74, 6) is 0.0594. The topological polar surface area (TPSA) is 40.0 Å². The molecule has 5 heteroatoms. The number of benzene rings is 3. The van der Waals surface area contributed by atoms with Gasteiger partial charge in [-0.15, -0.1) is 0 Å². The lowest BCUT2D eigenvalue weighted by molar-refractivity contribution is 0.0454. The van der Waals surface area contributed by atoms with Crippen LogP contribution in [0.25, 0.3) is 0 Å². The second-order valence-electron chi connectivity index (χ2n) is 7.07. The van der Waals surface area contributed by atoms with Crippen molar-refractivity contribution in [1.82, 2.24) is 0 Å². The van der Waals surface area contributed by atoms with Gasteiger partial charge in [-0.3, -0.25) is 0 Å². The SMILES string of the molecule is c1ccc([C@@H]2ON=C3CO[Si](c4ccccc4)(c4ccccc4)OC[C@H]32)cc1. The van der Waals surface area contributed by atoms with Gasteiger partial charge in [0, 0.05) is 6.61 Å². The fraction of sp³-hybridized carbons (Fsp3) is 0.174. The van der Waals surface area contributed by atoms with E-state index in [1.54, 1.807) is 0 Å². The minimum Gasteiger partial charge on any atom is -0.387 e. The lowest BCUT2D eigenvalue weighted by Gasteiger charge is -2.30. The van der Waals surface area contributed by atoms with Crippen molar-refractivity contribution < 1.29 is 13.7 Å². The molecular weight excluding hydrogens is 366 g/mol. The molecule has 0 unspecified atom stereocenters. The molecule has 0 radical (unpaired) electrons. The molecule has 4 nitrogen and oxygen atoms in total. The van der Waals surface area contributed by atoms with Crippen molar-refractivity contribution >= 4 is 24.6 Å². The summed E-state index contributed by atoms with van der Waals surface area (Å²) in [6.07, 6.45) is -0.129. The molecule has 0 aromatic heterocycles. The number of fused-ring (bicyclic) bond motifs is 1. The van der Waals surface area contributed by atoms with Crippen LogP contribution in [-0.2, 0) is 13.7 Å². The van der Waals surface area contributed by atoms with Crippen molar-refractivity contribution in [2.24, 2.45) is 11.1 Å². The molecule has 140 valence electrons. The zero-order valence-electron chi connectivity index (χ0n) is 15.4. The van der Waals surface area contributed by atoms with Crippen LogP contribution in [0.15, 0.2) is 96.2 Å². The van der Waals surface area contributed by atoms with Gasteiger partial charge in [-0.2, -0.15) is 0 Å². The molecule has 2 aliphatic heterocycles. The molecule has 0 bridgehead atoms. The van der Waals surface area contributed by atoms with Crippen molar-refractivity contribution in [3.8, 4) is 0 Å². The molecule has 2 atom stereocenters. The van der Waals surface area contributed by atoms with E-state index in [2.05, 4.69) is 41.6 Å². The van der Waals surface area contributed by atoms with Crippen molar-refractivity contribution in [2.45, 2.75) is 6.10 Å². The minimum atomic E-state index is -2.82. The zero-order chi connectivity index (χ0) is 18.8. The Morgan fingerprint density at radius 2 is 1.29 bits per heavy atom. The second kappa shape index (κ2) is 7.35. The molecule has 3 aromatic rings. The summed E-state index contributed by atoms with van der Waals surface area (Å²) in [4.78, 5) is 5.76. The normalized spacial score (nSPS) is 23.2. The van der Waals surface area contributed by atoms with E-state index in [1.165, 1.54) is 0 Å². The van der Waals surface area contributed by atoms with Crippen LogP contribution in [0, 0.1) is 5.92 Å². The number of hydrogen-bond donors (Lipinski definition) is 0. The van der Waals surface area contributed by atoms with Crippen LogP contribution >= 0.6 is 0 Å². The average Bonchev–Trinajstić information content (AvgIpc) is 3.09. The first-order valence-corrected chi connectivity index (χ1v) is 11.3. The highest BCUT2D eigenvalue weighted by Gasteiger charge is 2.49. The monoisotopic (exact) mass is 387 g/mol. The van der Waals surface area contributed by atoms with Crippen molar-refractivity contribution in [1.29, 1.82) is 0 Å². The lowest BCUT2D eigenvalue weighted by atomic mass is 9.93. The summed E-state index contributed by atoms with van der Waals surface area (Å²) in [6, 6.07) is 30.8. The first-order chi connectivity index (χ1) is 13.9. The lowest BCUT2D eigenvalue weighted by Crippen LogP contribution is -2.63. The van der Waals surface area contributed by atoms with Gasteiger partial charge in [-0.1, -0.05) is 96.2 Å². The van der Waals surface area contributed by atoms with E-state index in [4.69, 9.17) is 13.7 Å². The summed E-state index contributed by atoms with van der Waals surface area (Å²) < 4.78 is 13.3. The molecule has 28 heavy (non-hydrogen) atoms. The predicted molar refractivity (Wildman–Crippen MR) is 111 cm³/mol. The Bertz CT molecular complexity index is 923. The maximum atomic E-state index is 6.68. The Morgan fingerprint density at radius 3 is 1.89 bits per heavy atom. The molecule has 0 amide bonds. The van der Waals surface area contributed by atoms with E-state index >= 15 is 0 Å². The van der Waals surface area contributed by atoms with Crippen molar-refractivity contribution in [2.75, 3.05) is 13.2 Å². The number of nitrogens with zero attached hydrogens (tertiary/aromatic N) is 1. The quantitative estimate of drug-likeness (QED) is 0.649. The number of oxime groups is 1. The fourth-order valence-electron chi connectivity index (χ4n) is 3.93. The van der Waals surface area contributed by atoms with Gasteiger partial charge in [0.1, 0.15) is 0 Å². The Hall–Kier alpha value is -2.73. The Kier molecular flexibility index (Phi) is 4.56. The van der Waals surface area contributed by atoms with Gasteiger partial charge in [-0.05, 0) is 15.9 Å². The van der Waals surface area contributed by atoms with Crippen LogP contribution in [0.1, 0.15) is 11.7 Å². The average molecular weight is 388 g/mol. The van der Waals surface area contributed by atoms with Gasteiger partial charge in [0.25, 0.3) is 0 Å². The molecule has 3 aromatic carbocycles. The Balaban J connectivity index is 1.52. The van der Waals surface area contributed by atoms with Gasteiger partial charge < -0.3 is 13.7 Å². The minimum absolute atomic E-state index is 0.0594. The summed E-state index contributed by atoms with van der Waals surface area (Å²) in [7, 11) is -2.82. The maximum absolute atomic E-state index is 6.68. The van der Waals surface area contributed by atoms with Gasteiger partial charge in [0.05, 0.1) is 18.2 Å². The summed E-state index contributed by atoms with van der Waals surface area (Å²) >= 11 is 0. The van der Waals surface area contributed by atoms with Crippen LogP contribution in [0.5, 0.6) is 0 Å². The van der Waals surface area contributed by atoms with E-state index < -0.39 is 8.56 Å². The predicted octanol–water partition coefficient (Wildman–Crippen LogP) is 3.03. The van der Waals surface area contributed by atoms with Crippen molar-refractivity contribution in [3.05, 3.63) is 96.6 Å². The Morgan fingerprint density at radius 1 is 0.714 bits per heavy atom. The highest BCUT2D eigenvalue weighted by Crippen LogP contribution is 2.35. The molecule has 1 saturated heterocycles. The zero-order valence-corrected chi connectivity index (χ0v) is 16.4. The molecule has 0 N–H and O–H groups in total. The molecule has 0 spiro atoms. The molecular formula is C23H21NO3Si. The second-order valence-corrected chi connectivity index (χ2v) is 10.0. The van der Waals surface area contributed by atoms with Crippen LogP contribution in [0.2, 0.25) is 0 Å². The molecule has 2 heterocycles. The molecule has 5 rings (SSSR count). The van der Waals surface area contributed by atoms with E-state index in [1.807, 2.05) is 54.6 Å². The molecule has 0 saturated carbocycles. The van der Waals surface area contributed by atoms with Crippen LogP contribution in [0.3, 0.4) is 0 Å². The van der Waals surface area contributed by atoms with Crippen molar-refractivity contribution in [3.63, 3.8) is 0 Å². The highest BCUT2D eigenvalue weighted by atomic mass is 28.4. The van der Waals surface area contributed by atoms with Crippen LogP contribution in [-0.4, -0.2) is 27.5 Å².